The van der Waals surface area contributed by atoms with Crippen molar-refractivity contribution in [1.82, 2.24) is 15.3 Å². The third kappa shape index (κ3) is 6.49. The quantitative estimate of drug-likeness (QED) is 0.611. The molecule has 1 aliphatic carbocycles. The van der Waals surface area contributed by atoms with Crippen LogP contribution in [0.4, 0.5) is 14.6 Å². The zero-order valence-electron chi connectivity index (χ0n) is 18.6. The van der Waals surface area contributed by atoms with Crippen LogP contribution in [0, 0.1) is 11.8 Å². The molecule has 1 saturated heterocycles. The van der Waals surface area contributed by atoms with Crippen molar-refractivity contribution in [2.45, 2.75) is 70.8 Å². The molecule has 32 heavy (non-hydrogen) atoms. The summed E-state index contributed by atoms with van der Waals surface area (Å²) in [6, 6.07) is -1.16. The fourth-order valence-electron chi connectivity index (χ4n) is 4.13. The minimum Gasteiger partial charge on any atom is -0.548 e. The number of hydrogen-bond donors (Lipinski definition) is 1. The van der Waals surface area contributed by atoms with Gasteiger partial charge in [-0.1, -0.05) is 26.7 Å². The van der Waals surface area contributed by atoms with E-state index in [4.69, 9.17) is 4.74 Å². The van der Waals surface area contributed by atoms with Crippen LogP contribution in [0.5, 0.6) is 5.88 Å². The first-order chi connectivity index (χ1) is 15.1. The molecule has 1 aromatic heterocycles. The second-order valence-corrected chi connectivity index (χ2v) is 9.16. The summed E-state index contributed by atoms with van der Waals surface area (Å²) in [7, 11) is 0. The van der Waals surface area contributed by atoms with Crippen molar-refractivity contribution < 1.29 is 28.2 Å². The summed E-state index contributed by atoms with van der Waals surface area (Å²) in [5.74, 6) is -3.92. The van der Waals surface area contributed by atoms with Gasteiger partial charge in [-0.15, -0.1) is 0 Å². The van der Waals surface area contributed by atoms with Gasteiger partial charge in [-0.2, -0.15) is 0 Å². The molecule has 1 aliphatic heterocycles. The molecule has 8 nitrogen and oxygen atoms in total. The predicted molar refractivity (Wildman–Crippen MR) is 112 cm³/mol. The Morgan fingerprint density at radius 3 is 2.53 bits per heavy atom. The van der Waals surface area contributed by atoms with Gasteiger partial charge in [-0.25, -0.2) is 18.7 Å². The third-order valence-electron chi connectivity index (χ3n) is 5.98. The summed E-state index contributed by atoms with van der Waals surface area (Å²) in [6.07, 6.45) is 5.22. The van der Waals surface area contributed by atoms with E-state index in [0.29, 0.717) is 18.3 Å². The Bertz CT molecular complexity index is 805. The maximum absolute atomic E-state index is 13.6. The summed E-state index contributed by atoms with van der Waals surface area (Å²) < 4.78 is 33.1. The van der Waals surface area contributed by atoms with Crippen LogP contribution in [0.2, 0.25) is 0 Å². The van der Waals surface area contributed by atoms with E-state index in [-0.39, 0.29) is 49.8 Å². The Morgan fingerprint density at radius 2 is 1.94 bits per heavy atom. The van der Waals surface area contributed by atoms with Gasteiger partial charge in [0.2, 0.25) is 0 Å². The van der Waals surface area contributed by atoms with Crippen molar-refractivity contribution in [3.8, 4) is 5.88 Å². The van der Waals surface area contributed by atoms with Gasteiger partial charge in [-0.05, 0) is 31.1 Å². The number of ether oxygens (including phenoxy) is 1. The van der Waals surface area contributed by atoms with Gasteiger partial charge in [-0.3, -0.25) is 4.79 Å². The van der Waals surface area contributed by atoms with Crippen LogP contribution in [0.15, 0.2) is 6.20 Å². The predicted octanol–water partition coefficient (Wildman–Crippen LogP) is 2.18. The molecule has 1 aromatic rings. The fourth-order valence-corrected chi connectivity index (χ4v) is 4.13. The normalized spacial score (nSPS) is 19.7. The number of carbonyl (C=O) groups excluding carboxylic acids is 2. The SMILES string of the molecule is CC(C)C[C@H](NC(=O)c1cnc(N2CCC(F)(F)CC2)c(OCC2CCCC2)n1)C(=O)[O-]. The highest BCUT2D eigenvalue weighted by atomic mass is 19.3. The monoisotopic (exact) mass is 453 g/mol. The number of carboxylic acid groups (broad SMARTS) is 1. The Kier molecular flexibility index (Phi) is 7.84. The van der Waals surface area contributed by atoms with Crippen LogP contribution in [-0.4, -0.2) is 53.5 Å². The zero-order chi connectivity index (χ0) is 23.3. The highest BCUT2D eigenvalue weighted by Crippen LogP contribution is 2.34. The van der Waals surface area contributed by atoms with E-state index in [1.165, 1.54) is 6.20 Å². The van der Waals surface area contributed by atoms with Crippen LogP contribution >= 0.6 is 0 Å². The van der Waals surface area contributed by atoms with Gasteiger partial charge in [0.15, 0.2) is 11.5 Å². The maximum Gasteiger partial charge on any atom is 0.272 e. The molecule has 2 aliphatic rings. The average Bonchev–Trinajstić information content (AvgIpc) is 3.25. The number of rotatable bonds is 9. The van der Waals surface area contributed by atoms with Crippen molar-refractivity contribution in [1.29, 1.82) is 0 Å². The van der Waals surface area contributed by atoms with Crippen molar-refractivity contribution >= 4 is 17.7 Å². The molecule has 1 N–H and O–H groups in total. The molecule has 2 heterocycles. The second kappa shape index (κ2) is 10.4. The van der Waals surface area contributed by atoms with Crippen LogP contribution in [-0.2, 0) is 4.79 Å². The molecular formula is C22H31F2N4O4-. The smallest absolute Gasteiger partial charge is 0.272 e. The van der Waals surface area contributed by atoms with E-state index >= 15 is 0 Å². The molecule has 1 amide bonds. The first-order valence-electron chi connectivity index (χ1n) is 11.3. The summed E-state index contributed by atoms with van der Waals surface area (Å²) >= 11 is 0. The molecular weight excluding hydrogens is 422 g/mol. The largest absolute Gasteiger partial charge is 0.548 e. The first kappa shape index (κ1) is 24.1. The Balaban J connectivity index is 1.78. The number of carbonyl (C=O) groups is 2. The Morgan fingerprint density at radius 1 is 1.28 bits per heavy atom. The maximum atomic E-state index is 13.6. The van der Waals surface area contributed by atoms with Crippen LogP contribution in [0.3, 0.4) is 0 Å². The molecule has 1 saturated carbocycles. The number of piperidine rings is 1. The van der Waals surface area contributed by atoms with Crippen molar-refractivity contribution in [2.75, 3.05) is 24.6 Å². The average molecular weight is 454 g/mol. The number of hydrogen-bond acceptors (Lipinski definition) is 7. The minimum absolute atomic E-state index is 0.0363. The highest BCUT2D eigenvalue weighted by Gasteiger charge is 2.35. The molecule has 0 unspecified atom stereocenters. The first-order valence-corrected chi connectivity index (χ1v) is 11.3. The van der Waals surface area contributed by atoms with Crippen molar-refractivity contribution in [3.63, 3.8) is 0 Å². The van der Waals surface area contributed by atoms with Gasteiger partial charge in [0.05, 0.1) is 24.8 Å². The van der Waals surface area contributed by atoms with Gasteiger partial charge >= 0.3 is 0 Å². The van der Waals surface area contributed by atoms with Gasteiger partial charge in [0.1, 0.15) is 0 Å². The molecule has 2 fully saturated rings. The number of nitrogens with one attached hydrogen (secondary N) is 1. The Labute approximate surface area is 186 Å². The molecule has 0 spiro atoms. The van der Waals surface area contributed by atoms with Crippen LogP contribution < -0.4 is 20.1 Å². The summed E-state index contributed by atoms with van der Waals surface area (Å²) in [5, 5.41) is 13.8. The van der Waals surface area contributed by atoms with Gasteiger partial charge in [0.25, 0.3) is 17.7 Å². The fraction of sp³-hybridized carbons (Fsp3) is 0.727. The van der Waals surface area contributed by atoms with E-state index in [1.54, 1.807) is 4.90 Å². The zero-order valence-corrected chi connectivity index (χ0v) is 18.6. The minimum atomic E-state index is -2.70. The van der Waals surface area contributed by atoms with Gasteiger partial charge in [0, 0.05) is 25.9 Å². The summed E-state index contributed by atoms with van der Waals surface area (Å²) in [5.41, 5.74) is -0.0903. The van der Waals surface area contributed by atoms with Crippen molar-refractivity contribution in [2.24, 2.45) is 11.8 Å². The molecule has 0 aromatic carbocycles. The summed E-state index contributed by atoms with van der Waals surface area (Å²) in [4.78, 5) is 34.3. The number of halogens is 2. The topological polar surface area (TPSA) is 107 Å². The standard InChI is InChI=1S/C22H32F2N4O4/c1-14(2)11-16(21(30)31)26-19(29)17-12-25-18(28-9-7-22(23,24)8-10-28)20(27-17)32-13-15-5-3-4-6-15/h12,14-16H,3-11,13H2,1-2H3,(H,26,29)(H,30,31)/p-1/t16-/m0/s1. The highest BCUT2D eigenvalue weighted by molar-refractivity contribution is 5.94. The van der Waals surface area contributed by atoms with E-state index < -0.39 is 23.8 Å². The number of amides is 1. The molecule has 0 bridgehead atoms. The Hall–Kier alpha value is -2.52. The second-order valence-electron chi connectivity index (χ2n) is 9.16. The van der Waals surface area contributed by atoms with Crippen LogP contribution in [0.1, 0.15) is 69.3 Å². The molecule has 0 radical (unpaired) electrons. The lowest BCUT2D eigenvalue weighted by Crippen LogP contribution is -2.48. The molecule has 1 atom stereocenters. The summed E-state index contributed by atoms with van der Waals surface area (Å²) in [6.45, 7) is 4.30. The molecule has 178 valence electrons. The molecule has 3 rings (SSSR count). The lowest BCUT2D eigenvalue weighted by Gasteiger charge is -2.33. The number of carboxylic acids is 1. The van der Waals surface area contributed by atoms with E-state index in [0.717, 1.165) is 25.7 Å². The van der Waals surface area contributed by atoms with E-state index in [2.05, 4.69) is 15.3 Å². The number of aromatic nitrogens is 2. The lowest BCUT2D eigenvalue weighted by molar-refractivity contribution is -0.308. The number of nitrogens with zero attached hydrogens (tertiary/aromatic N) is 3. The lowest BCUT2D eigenvalue weighted by atomic mass is 10.0. The van der Waals surface area contributed by atoms with Crippen molar-refractivity contribution in [3.05, 3.63) is 11.9 Å². The van der Waals surface area contributed by atoms with Crippen LogP contribution in [0.25, 0.3) is 0 Å². The number of aliphatic carboxylic acids is 1. The van der Waals surface area contributed by atoms with Gasteiger partial charge < -0.3 is 24.9 Å². The van der Waals surface area contributed by atoms with E-state index in [9.17, 15) is 23.5 Å². The molecule has 10 heteroatoms. The number of anilines is 1. The van der Waals surface area contributed by atoms with E-state index in [1.807, 2.05) is 13.8 Å². The third-order valence-corrected chi connectivity index (χ3v) is 5.98. The number of alkyl halides is 2.